The molecule has 1 fully saturated rings. The van der Waals surface area contributed by atoms with Crippen LogP contribution < -0.4 is 16.0 Å². The minimum atomic E-state index is -0.520. The van der Waals surface area contributed by atoms with E-state index in [1.165, 1.54) is 7.11 Å². The standard InChI is InChI=1S/C28H38ClN3O5/c1-19-9-10-22(27(33)32-17-24(30-2)14-20-6-5-12-36-18-20)16-25(19)26(21-7-4-8-23(29)15-21)37-13-11-31-28(34)35-3/h4,7-10,15-16,20,24,26,30H,5-6,11-14,17-18H2,1-3H3,(H,31,34)(H,32,33)/t20-,24+,26-/m1/s1. The molecule has 3 atom stereocenters. The van der Waals surface area contributed by atoms with E-state index >= 15 is 0 Å². The number of halogens is 1. The molecule has 2 aromatic carbocycles. The van der Waals surface area contributed by atoms with Crippen LogP contribution in [0.3, 0.4) is 0 Å². The van der Waals surface area contributed by atoms with Gasteiger partial charge in [-0.2, -0.15) is 0 Å². The lowest BCUT2D eigenvalue weighted by molar-refractivity contribution is 0.0478. The van der Waals surface area contributed by atoms with E-state index in [2.05, 4.69) is 20.7 Å². The fourth-order valence-electron chi connectivity index (χ4n) is 4.52. The van der Waals surface area contributed by atoms with Crippen LogP contribution in [0.4, 0.5) is 4.79 Å². The van der Waals surface area contributed by atoms with Crippen molar-refractivity contribution in [3.63, 3.8) is 0 Å². The highest BCUT2D eigenvalue weighted by molar-refractivity contribution is 6.30. The van der Waals surface area contributed by atoms with Gasteiger partial charge in [0.05, 0.1) is 13.7 Å². The first-order valence-electron chi connectivity index (χ1n) is 12.7. The van der Waals surface area contributed by atoms with Gasteiger partial charge in [-0.25, -0.2) is 4.79 Å². The van der Waals surface area contributed by atoms with E-state index in [0.717, 1.165) is 49.2 Å². The molecule has 2 aromatic rings. The number of carbonyl (C=O) groups is 2. The Bertz CT molecular complexity index is 1030. The van der Waals surface area contributed by atoms with Gasteiger partial charge in [0.25, 0.3) is 5.91 Å². The molecule has 1 saturated heterocycles. The van der Waals surface area contributed by atoms with Crippen LogP contribution in [-0.4, -0.2) is 65.1 Å². The van der Waals surface area contributed by atoms with E-state index in [1.807, 2.05) is 50.4 Å². The second-order valence-electron chi connectivity index (χ2n) is 9.31. The van der Waals surface area contributed by atoms with Crippen molar-refractivity contribution < 1.29 is 23.8 Å². The summed E-state index contributed by atoms with van der Waals surface area (Å²) in [5.74, 6) is 0.372. The zero-order valence-corrected chi connectivity index (χ0v) is 22.6. The molecule has 8 nitrogen and oxygen atoms in total. The molecule has 0 radical (unpaired) electrons. The van der Waals surface area contributed by atoms with Crippen LogP contribution in [-0.2, 0) is 14.2 Å². The van der Waals surface area contributed by atoms with Gasteiger partial charge >= 0.3 is 6.09 Å². The van der Waals surface area contributed by atoms with Gasteiger partial charge in [0.15, 0.2) is 0 Å². The molecule has 0 aromatic heterocycles. The number of carbonyl (C=O) groups excluding carboxylic acids is 2. The summed E-state index contributed by atoms with van der Waals surface area (Å²) >= 11 is 6.27. The molecule has 3 N–H and O–H groups in total. The lowest BCUT2D eigenvalue weighted by Crippen LogP contribution is -2.41. The summed E-state index contributed by atoms with van der Waals surface area (Å²) in [5.41, 5.74) is 3.25. The number of rotatable bonds is 12. The number of ether oxygens (including phenoxy) is 3. The number of nitrogens with one attached hydrogen (secondary N) is 3. The predicted molar refractivity (Wildman–Crippen MR) is 144 cm³/mol. The van der Waals surface area contributed by atoms with E-state index < -0.39 is 12.2 Å². The maximum absolute atomic E-state index is 13.1. The minimum Gasteiger partial charge on any atom is -0.453 e. The second-order valence-corrected chi connectivity index (χ2v) is 9.75. The van der Waals surface area contributed by atoms with Gasteiger partial charge in [-0.3, -0.25) is 4.79 Å². The maximum Gasteiger partial charge on any atom is 0.406 e. The highest BCUT2D eigenvalue weighted by Crippen LogP contribution is 2.31. The Morgan fingerprint density at radius 2 is 2.03 bits per heavy atom. The Morgan fingerprint density at radius 1 is 1.19 bits per heavy atom. The SMILES string of the molecule is CN[C@H](CNC(=O)c1ccc(C)c([C@H](OCCNC(=O)OC)c2cccc(Cl)c2)c1)C[C@H]1CCCOC1. The molecule has 0 saturated carbocycles. The largest absolute Gasteiger partial charge is 0.453 e. The molecule has 0 aliphatic carbocycles. The third-order valence-corrected chi connectivity index (χ3v) is 6.84. The minimum absolute atomic E-state index is 0.140. The molecule has 0 bridgehead atoms. The first-order chi connectivity index (χ1) is 17.9. The summed E-state index contributed by atoms with van der Waals surface area (Å²) in [6.07, 6.45) is 2.22. The van der Waals surface area contributed by atoms with Gasteiger partial charge in [-0.1, -0.05) is 29.8 Å². The summed E-state index contributed by atoms with van der Waals surface area (Å²) in [5, 5.41) is 9.61. The van der Waals surface area contributed by atoms with Crippen LogP contribution in [0.15, 0.2) is 42.5 Å². The summed E-state index contributed by atoms with van der Waals surface area (Å²) < 4.78 is 16.4. The van der Waals surface area contributed by atoms with Crippen LogP contribution in [0.1, 0.15) is 52.4 Å². The predicted octanol–water partition coefficient (Wildman–Crippen LogP) is 4.24. The van der Waals surface area contributed by atoms with Gasteiger partial charge in [-0.05, 0) is 80.1 Å². The molecule has 0 spiro atoms. The molecular weight excluding hydrogens is 494 g/mol. The summed E-state index contributed by atoms with van der Waals surface area (Å²) in [4.78, 5) is 24.5. The van der Waals surface area contributed by atoms with Gasteiger partial charge < -0.3 is 30.2 Å². The van der Waals surface area contributed by atoms with E-state index in [1.54, 1.807) is 6.07 Å². The smallest absolute Gasteiger partial charge is 0.406 e. The number of likely N-dealkylation sites (N-methyl/N-ethyl adjacent to an activating group) is 1. The first-order valence-corrected chi connectivity index (χ1v) is 13.1. The van der Waals surface area contributed by atoms with E-state index in [-0.39, 0.29) is 25.1 Å². The lowest BCUT2D eigenvalue weighted by atomic mass is 9.94. The van der Waals surface area contributed by atoms with Gasteiger partial charge in [-0.15, -0.1) is 0 Å². The maximum atomic E-state index is 13.1. The van der Waals surface area contributed by atoms with Crippen LogP contribution >= 0.6 is 11.6 Å². The number of amides is 2. The number of hydrogen-bond acceptors (Lipinski definition) is 6. The lowest BCUT2D eigenvalue weighted by Gasteiger charge is -2.26. The average Bonchev–Trinajstić information content (AvgIpc) is 2.91. The van der Waals surface area contributed by atoms with Crippen molar-refractivity contribution in [2.75, 3.05) is 47.1 Å². The molecule has 2 amide bonds. The van der Waals surface area contributed by atoms with Crippen LogP contribution in [0.2, 0.25) is 5.02 Å². The molecule has 0 unspecified atom stereocenters. The van der Waals surface area contributed by atoms with Crippen LogP contribution in [0, 0.1) is 12.8 Å². The molecule has 1 aliphatic heterocycles. The number of aryl methyl sites for hydroxylation is 1. The van der Waals surface area contributed by atoms with Crippen LogP contribution in [0.25, 0.3) is 0 Å². The molecule has 1 heterocycles. The number of benzene rings is 2. The molecule has 9 heteroatoms. The normalized spacial score (nSPS) is 17.0. The summed E-state index contributed by atoms with van der Waals surface area (Å²) in [7, 11) is 3.24. The number of alkyl carbamates (subject to hydrolysis) is 1. The highest BCUT2D eigenvalue weighted by atomic mass is 35.5. The Labute approximate surface area is 224 Å². The molecule has 1 aliphatic rings. The molecular formula is C28H38ClN3O5. The van der Waals surface area contributed by atoms with Crippen molar-refractivity contribution in [2.45, 2.75) is 38.3 Å². The van der Waals surface area contributed by atoms with Gasteiger partial charge in [0.2, 0.25) is 0 Å². The van der Waals surface area contributed by atoms with Crippen molar-refractivity contribution >= 4 is 23.6 Å². The van der Waals surface area contributed by atoms with E-state index in [9.17, 15) is 9.59 Å². The Kier molecular flexibility index (Phi) is 11.7. The molecule has 202 valence electrons. The Balaban J connectivity index is 1.72. The van der Waals surface area contributed by atoms with Crippen molar-refractivity contribution in [1.82, 2.24) is 16.0 Å². The fraction of sp³-hybridized carbons (Fsp3) is 0.500. The van der Waals surface area contributed by atoms with Crippen molar-refractivity contribution in [1.29, 1.82) is 0 Å². The molecule has 3 rings (SSSR count). The number of hydrogen-bond donors (Lipinski definition) is 3. The third kappa shape index (κ3) is 9.00. The third-order valence-electron chi connectivity index (χ3n) is 6.61. The van der Waals surface area contributed by atoms with E-state index in [4.69, 9.17) is 21.1 Å². The van der Waals surface area contributed by atoms with E-state index in [0.29, 0.717) is 23.0 Å². The average molecular weight is 532 g/mol. The highest BCUT2D eigenvalue weighted by Gasteiger charge is 2.22. The van der Waals surface area contributed by atoms with Gasteiger partial charge in [0.1, 0.15) is 6.10 Å². The first kappa shape index (κ1) is 28.9. The van der Waals surface area contributed by atoms with Gasteiger partial charge in [0, 0.05) is 42.9 Å². The van der Waals surface area contributed by atoms with Crippen molar-refractivity contribution in [3.05, 3.63) is 69.7 Å². The topological polar surface area (TPSA) is 97.9 Å². The Morgan fingerprint density at radius 3 is 2.73 bits per heavy atom. The second kappa shape index (κ2) is 14.9. The zero-order chi connectivity index (χ0) is 26.6. The number of methoxy groups -OCH3 is 1. The van der Waals surface area contributed by atoms with Crippen molar-refractivity contribution in [3.8, 4) is 0 Å². The summed E-state index contributed by atoms with van der Waals surface area (Å²) in [6.45, 7) is 4.66. The quantitative estimate of drug-likeness (QED) is 0.354. The van der Waals surface area contributed by atoms with Crippen molar-refractivity contribution in [2.24, 2.45) is 5.92 Å². The summed E-state index contributed by atoms with van der Waals surface area (Å²) in [6, 6.07) is 13.2. The fourth-order valence-corrected chi connectivity index (χ4v) is 4.72. The zero-order valence-electron chi connectivity index (χ0n) is 21.8. The molecule has 37 heavy (non-hydrogen) atoms. The van der Waals surface area contributed by atoms with Crippen LogP contribution in [0.5, 0.6) is 0 Å². The monoisotopic (exact) mass is 531 g/mol. The Hall–Kier alpha value is -2.65.